The quantitative estimate of drug-likeness (QED) is 0.471. The van der Waals surface area contributed by atoms with E-state index in [1.165, 1.54) is 0 Å². The molecule has 8 heteroatoms. The molecule has 1 fully saturated rings. The van der Waals surface area contributed by atoms with Gasteiger partial charge in [-0.3, -0.25) is 14.2 Å². The molecule has 0 aliphatic heterocycles. The number of halogens is 1. The van der Waals surface area contributed by atoms with Crippen molar-refractivity contribution >= 4 is 28.3 Å². The van der Waals surface area contributed by atoms with Gasteiger partial charge in [-0.1, -0.05) is 13.3 Å². The number of alkyl halides is 1. The molecule has 4 aromatic heterocycles. The number of aromatic nitrogens is 4. The van der Waals surface area contributed by atoms with Crippen LogP contribution in [0.1, 0.15) is 43.5 Å². The van der Waals surface area contributed by atoms with Crippen LogP contribution >= 0.6 is 0 Å². The second kappa shape index (κ2) is 7.94. The molecule has 1 aliphatic rings. The summed E-state index contributed by atoms with van der Waals surface area (Å²) in [6.07, 6.45) is 7.25. The Bertz CT molecular complexity index is 1330. The molecule has 0 radical (unpaired) electrons. The zero-order valence-electron chi connectivity index (χ0n) is 17.9. The standard InChI is InChI=1S/C24H24FN5O2/c1-3-4-21(31)19-7-13(2)17(12-27-19)15-8-14-11-28-22(29-24(32)16-9-18(16)25)10-20(14)30-6-5-26-23(15)30/h5-8,10-12,16,18,21,31H,3-4,9H2,1-2H3,(H,28,29,32)/t16?,18?,21-/m1/s1. The SMILES string of the molecule is CCC[C@@H](O)c1cc(C)c(-c2cc3cnc(NC(=O)C4CC4F)cc3n3ccnc23)cn1. The first-order chi connectivity index (χ1) is 15.5. The van der Waals surface area contributed by atoms with E-state index in [1.54, 1.807) is 24.7 Å². The Morgan fingerprint density at radius 2 is 2.06 bits per heavy atom. The molecular formula is C24H24FN5O2. The highest BCUT2D eigenvalue weighted by Gasteiger charge is 2.43. The molecule has 1 aliphatic carbocycles. The van der Waals surface area contributed by atoms with Gasteiger partial charge in [0.1, 0.15) is 17.6 Å². The van der Waals surface area contributed by atoms with Crippen LogP contribution < -0.4 is 5.32 Å². The molecule has 0 bridgehead atoms. The fraction of sp³-hybridized carbons (Fsp3) is 0.333. The summed E-state index contributed by atoms with van der Waals surface area (Å²) < 4.78 is 15.1. The highest BCUT2D eigenvalue weighted by Crippen LogP contribution is 2.35. The van der Waals surface area contributed by atoms with Crippen LogP contribution in [0.15, 0.2) is 43.0 Å². The fourth-order valence-corrected chi connectivity index (χ4v) is 4.08. The van der Waals surface area contributed by atoms with Crippen LogP contribution in [-0.2, 0) is 4.79 Å². The summed E-state index contributed by atoms with van der Waals surface area (Å²) in [5.74, 6) is -0.524. The van der Waals surface area contributed by atoms with E-state index < -0.39 is 18.2 Å². The second-order valence-corrected chi connectivity index (χ2v) is 8.38. The Labute approximate surface area is 184 Å². The Kier molecular flexibility index (Phi) is 5.09. The van der Waals surface area contributed by atoms with E-state index in [9.17, 15) is 14.3 Å². The molecular weight excluding hydrogens is 409 g/mol. The van der Waals surface area contributed by atoms with Crippen molar-refractivity contribution in [3.63, 3.8) is 0 Å². The van der Waals surface area contributed by atoms with Crippen LogP contribution in [0.25, 0.3) is 27.7 Å². The lowest BCUT2D eigenvalue weighted by molar-refractivity contribution is -0.117. The highest BCUT2D eigenvalue weighted by molar-refractivity contribution is 5.97. The maximum atomic E-state index is 13.2. The minimum absolute atomic E-state index is 0.274. The van der Waals surface area contributed by atoms with Crippen LogP contribution in [-0.4, -0.2) is 36.5 Å². The number of nitrogens with zero attached hydrogens (tertiary/aromatic N) is 4. The summed E-state index contributed by atoms with van der Waals surface area (Å²) in [5, 5.41) is 13.9. The fourth-order valence-electron chi connectivity index (χ4n) is 4.08. The number of anilines is 1. The summed E-state index contributed by atoms with van der Waals surface area (Å²) in [4.78, 5) is 25.5. The number of fused-ring (bicyclic) bond motifs is 3. The molecule has 4 aromatic rings. The van der Waals surface area contributed by atoms with Gasteiger partial charge in [-0.2, -0.15) is 0 Å². The summed E-state index contributed by atoms with van der Waals surface area (Å²) in [6.45, 7) is 4.03. The molecule has 5 rings (SSSR count). The minimum Gasteiger partial charge on any atom is -0.387 e. The number of carbonyl (C=O) groups excluding carboxylic acids is 1. The number of amides is 1. The maximum absolute atomic E-state index is 13.2. The van der Waals surface area contributed by atoms with Crippen LogP contribution in [0.3, 0.4) is 0 Å². The molecule has 32 heavy (non-hydrogen) atoms. The number of nitrogens with one attached hydrogen (secondary N) is 1. The van der Waals surface area contributed by atoms with Gasteiger partial charge in [-0.25, -0.2) is 14.4 Å². The molecule has 1 saturated carbocycles. The van der Waals surface area contributed by atoms with Gasteiger partial charge in [0.15, 0.2) is 0 Å². The third-order valence-corrected chi connectivity index (χ3v) is 5.98. The van der Waals surface area contributed by atoms with E-state index in [-0.39, 0.29) is 12.3 Å². The number of imidazole rings is 1. The van der Waals surface area contributed by atoms with E-state index in [0.717, 1.165) is 39.7 Å². The van der Waals surface area contributed by atoms with Gasteiger partial charge in [0.2, 0.25) is 5.91 Å². The number of aryl methyl sites for hydroxylation is 1. The lowest BCUT2D eigenvalue weighted by Crippen LogP contribution is -2.16. The lowest BCUT2D eigenvalue weighted by atomic mass is 10.00. The largest absolute Gasteiger partial charge is 0.387 e. The zero-order chi connectivity index (χ0) is 22.4. The monoisotopic (exact) mass is 433 g/mol. The van der Waals surface area contributed by atoms with Crippen molar-refractivity contribution in [1.82, 2.24) is 19.4 Å². The summed E-state index contributed by atoms with van der Waals surface area (Å²) in [5.41, 5.74) is 5.08. The lowest BCUT2D eigenvalue weighted by Gasteiger charge is -2.14. The number of carbonyl (C=O) groups is 1. The number of rotatable bonds is 6. The van der Waals surface area contributed by atoms with Crippen LogP contribution in [0.4, 0.5) is 10.2 Å². The first-order valence-electron chi connectivity index (χ1n) is 10.8. The van der Waals surface area contributed by atoms with E-state index in [0.29, 0.717) is 17.9 Å². The number of hydrogen-bond acceptors (Lipinski definition) is 5. The molecule has 0 saturated heterocycles. The molecule has 2 unspecified atom stereocenters. The number of hydrogen-bond donors (Lipinski definition) is 2. The van der Waals surface area contributed by atoms with Crippen LogP contribution in [0.5, 0.6) is 0 Å². The van der Waals surface area contributed by atoms with E-state index in [1.807, 2.05) is 36.6 Å². The van der Waals surface area contributed by atoms with E-state index in [4.69, 9.17) is 0 Å². The molecule has 0 spiro atoms. The van der Waals surface area contributed by atoms with Crippen molar-refractivity contribution in [1.29, 1.82) is 0 Å². The number of pyridine rings is 3. The van der Waals surface area contributed by atoms with Crippen LogP contribution in [0.2, 0.25) is 0 Å². The normalized spacial score (nSPS) is 18.8. The Morgan fingerprint density at radius 1 is 1.25 bits per heavy atom. The first-order valence-corrected chi connectivity index (χ1v) is 10.8. The van der Waals surface area contributed by atoms with Gasteiger partial charge in [0, 0.05) is 47.4 Å². The van der Waals surface area contributed by atoms with Gasteiger partial charge in [0.05, 0.1) is 23.2 Å². The molecule has 1 amide bonds. The Morgan fingerprint density at radius 3 is 2.78 bits per heavy atom. The summed E-state index contributed by atoms with van der Waals surface area (Å²) in [6, 6.07) is 5.70. The second-order valence-electron chi connectivity index (χ2n) is 8.38. The molecule has 2 N–H and O–H groups in total. The highest BCUT2D eigenvalue weighted by atomic mass is 19.1. The molecule has 164 valence electrons. The first kappa shape index (κ1) is 20.5. The molecule has 4 heterocycles. The Hall–Kier alpha value is -3.39. The molecule has 3 atom stereocenters. The van der Waals surface area contributed by atoms with Gasteiger partial charge in [0.25, 0.3) is 0 Å². The summed E-state index contributed by atoms with van der Waals surface area (Å²) in [7, 11) is 0. The maximum Gasteiger partial charge on any atom is 0.231 e. The zero-order valence-corrected chi connectivity index (χ0v) is 17.9. The number of aliphatic hydroxyl groups is 1. The summed E-state index contributed by atoms with van der Waals surface area (Å²) >= 11 is 0. The van der Waals surface area contributed by atoms with Gasteiger partial charge < -0.3 is 10.4 Å². The van der Waals surface area contributed by atoms with Gasteiger partial charge in [-0.05, 0) is 37.5 Å². The third kappa shape index (κ3) is 3.60. The average molecular weight is 433 g/mol. The van der Waals surface area contributed by atoms with Crippen molar-refractivity contribution < 1.29 is 14.3 Å². The molecule has 0 aromatic carbocycles. The average Bonchev–Trinajstić information content (AvgIpc) is 3.30. The van der Waals surface area contributed by atoms with Gasteiger partial charge >= 0.3 is 0 Å². The predicted molar refractivity (Wildman–Crippen MR) is 120 cm³/mol. The van der Waals surface area contributed by atoms with Crippen molar-refractivity contribution in [2.24, 2.45) is 5.92 Å². The van der Waals surface area contributed by atoms with Crippen molar-refractivity contribution in [2.45, 2.75) is 45.4 Å². The topological polar surface area (TPSA) is 92.4 Å². The minimum atomic E-state index is -1.05. The third-order valence-electron chi connectivity index (χ3n) is 5.98. The molecule has 7 nitrogen and oxygen atoms in total. The van der Waals surface area contributed by atoms with E-state index >= 15 is 0 Å². The van der Waals surface area contributed by atoms with E-state index in [2.05, 4.69) is 20.3 Å². The smallest absolute Gasteiger partial charge is 0.231 e. The predicted octanol–water partition coefficient (Wildman–Crippen LogP) is 4.38. The van der Waals surface area contributed by atoms with Crippen molar-refractivity contribution in [3.8, 4) is 11.1 Å². The van der Waals surface area contributed by atoms with Gasteiger partial charge in [-0.15, -0.1) is 0 Å². The van der Waals surface area contributed by atoms with Crippen molar-refractivity contribution in [3.05, 3.63) is 54.2 Å². The Balaban J connectivity index is 1.55. The van der Waals surface area contributed by atoms with Crippen molar-refractivity contribution in [2.75, 3.05) is 5.32 Å². The van der Waals surface area contributed by atoms with Crippen LogP contribution in [0, 0.1) is 12.8 Å². The number of aliphatic hydroxyl groups excluding tert-OH is 1.